The molecule has 3 aliphatic rings. The summed E-state index contributed by atoms with van der Waals surface area (Å²) in [5, 5.41) is 3.37. The molecule has 3 fully saturated rings. The van der Waals surface area contributed by atoms with E-state index in [0.717, 1.165) is 38.9 Å². The molecule has 3 aliphatic heterocycles. The van der Waals surface area contributed by atoms with Crippen molar-refractivity contribution in [1.29, 1.82) is 0 Å². The molecule has 1 N–H and O–H groups in total. The predicted molar refractivity (Wildman–Crippen MR) is 65.8 cm³/mol. The molecule has 2 unspecified atom stereocenters. The minimum atomic E-state index is -3.16. The van der Waals surface area contributed by atoms with Crippen LogP contribution in [0, 0.1) is 11.8 Å². The van der Waals surface area contributed by atoms with Gasteiger partial charge in [-0.1, -0.05) is 0 Å². The first-order valence-electron chi connectivity index (χ1n) is 6.64. The molecule has 17 heavy (non-hydrogen) atoms. The fourth-order valence-electron chi connectivity index (χ4n) is 3.29. The quantitative estimate of drug-likeness (QED) is 0.751. The molecule has 0 amide bonds. The normalized spacial score (nSPS) is 36.2. The Labute approximate surface area is 103 Å². The van der Waals surface area contributed by atoms with E-state index in [4.69, 9.17) is 0 Å². The maximum absolute atomic E-state index is 12.4. The van der Waals surface area contributed by atoms with Gasteiger partial charge in [-0.05, 0) is 44.2 Å². The highest BCUT2D eigenvalue weighted by molar-refractivity contribution is 7.86. The number of nitrogens with zero attached hydrogens (tertiary/aromatic N) is 2. The fraction of sp³-hybridized carbons (Fsp3) is 1.00. The fourth-order valence-corrected chi connectivity index (χ4v) is 5.06. The summed E-state index contributed by atoms with van der Waals surface area (Å²) in [7, 11) is -3.16. The molecule has 2 atom stereocenters. The van der Waals surface area contributed by atoms with Crippen molar-refractivity contribution in [3.05, 3.63) is 0 Å². The topological polar surface area (TPSA) is 52.7 Å². The summed E-state index contributed by atoms with van der Waals surface area (Å²) in [5.74, 6) is 1.22. The number of hydrogen-bond acceptors (Lipinski definition) is 3. The number of fused-ring (bicyclic) bond motifs is 1. The third-order valence-electron chi connectivity index (χ3n) is 4.38. The first kappa shape index (κ1) is 11.9. The minimum Gasteiger partial charge on any atom is -0.316 e. The smallest absolute Gasteiger partial charge is 0.281 e. The number of rotatable bonds is 2. The van der Waals surface area contributed by atoms with Gasteiger partial charge in [-0.2, -0.15) is 17.0 Å². The van der Waals surface area contributed by atoms with Crippen LogP contribution in [0.5, 0.6) is 0 Å². The average Bonchev–Trinajstić information content (AvgIpc) is 2.99. The second-order valence-electron chi connectivity index (χ2n) is 5.44. The molecule has 0 aliphatic carbocycles. The summed E-state index contributed by atoms with van der Waals surface area (Å²) in [6.07, 6.45) is 3.05. The monoisotopic (exact) mass is 259 g/mol. The van der Waals surface area contributed by atoms with E-state index in [9.17, 15) is 8.42 Å². The zero-order chi connectivity index (χ0) is 11.9. The van der Waals surface area contributed by atoms with Crippen molar-refractivity contribution in [2.45, 2.75) is 19.3 Å². The van der Waals surface area contributed by atoms with E-state index in [0.29, 0.717) is 31.5 Å². The number of nitrogens with one attached hydrogen (secondary N) is 1. The van der Waals surface area contributed by atoms with E-state index in [1.807, 2.05) is 0 Å². The maximum atomic E-state index is 12.4. The maximum Gasteiger partial charge on any atom is 0.281 e. The van der Waals surface area contributed by atoms with Gasteiger partial charge in [0.2, 0.25) is 0 Å². The summed E-state index contributed by atoms with van der Waals surface area (Å²) in [4.78, 5) is 0. The van der Waals surface area contributed by atoms with E-state index in [1.54, 1.807) is 8.61 Å². The van der Waals surface area contributed by atoms with Gasteiger partial charge in [0.15, 0.2) is 0 Å². The average molecular weight is 259 g/mol. The van der Waals surface area contributed by atoms with Gasteiger partial charge < -0.3 is 5.32 Å². The van der Waals surface area contributed by atoms with Crippen molar-refractivity contribution in [2.75, 3.05) is 39.3 Å². The Morgan fingerprint density at radius 2 is 1.65 bits per heavy atom. The van der Waals surface area contributed by atoms with Gasteiger partial charge in [0, 0.05) is 26.2 Å². The van der Waals surface area contributed by atoms with Crippen LogP contribution >= 0.6 is 0 Å². The Morgan fingerprint density at radius 1 is 0.941 bits per heavy atom. The zero-order valence-electron chi connectivity index (χ0n) is 10.1. The van der Waals surface area contributed by atoms with Gasteiger partial charge in [-0.15, -0.1) is 0 Å². The Bertz CT molecular complexity index is 378. The van der Waals surface area contributed by atoms with Crippen LogP contribution < -0.4 is 5.32 Å². The van der Waals surface area contributed by atoms with Crippen molar-refractivity contribution < 1.29 is 8.42 Å². The van der Waals surface area contributed by atoms with E-state index >= 15 is 0 Å². The second-order valence-corrected chi connectivity index (χ2v) is 7.37. The molecular weight excluding hydrogens is 238 g/mol. The molecule has 0 aromatic heterocycles. The summed E-state index contributed by atoms with van der Waals surface area (Å²) in [6, 6.07) is 0. The van der Waals surface area contributed by atoms with Gasteiger partial charge in [-0.25, -0.2) is 0 Å². The van der Waals surface area contributed by atoms with Gasteiger partial charge in [0.1, 0.15) is 0 Å². The molecule has 0 spiro atoms. The van der Waals surface area contributed by atoms with Crippen LogP contribution in [0.2, 0.25) is 0 Å². The lowest BCUT2D eigenvalue weighted by molar-refractivity contribution is 0.217. The van der Waals surface area contributed by atoms with Crippen LogP contribution in [0.3, 0.4) is 0 Å². The molecule has 3 heterocycles. The SMILES string of the molecule is O=S(=O)(N1CCCC1)N1CCC2CNCC2C1. The van der Waals surface area contributed by atoms with Crippen molar-refractivity contribution in [3.8, 4) is 0 Å². The Morgan fingerprint density at radius 3 is 2.41 bits per heavy atom. The Balaban J connectivity index is 1.71. The lowest BCUT2D eigenvalue weighted by atomic mass is 9.90. The molecule has 0 radical (unpaired) electrons. The van der Waals surface area contributed by atoms with Gasteiger partial charge >= 0.3 is 0 Å². The summed E-state index contributed by atoms with van der Waals surface area (Å²) in [6.45, 7) is 4.91. The highest BCUT2D eigenvalue weighted by atomic mass is 32.2. The van der Waals surface area contributed by atoms with Crippen LogP contribution in [0.4, 0.5) is 0 Å². The predicted octanol–water partition coefficient (Wildman–Crippen LogP) is -0.132. The highest BCUT2D eigenvalue weighted by Crippen LogP contribution is 2.29. The molecule has 3 rings (SSSR count). The summed E-state index contributed by atoms with van der Waals surface area (Å²) >= 11 is 0. The van der Waals surface area contributed by atoms with Crippen molar-refractivity contribution in [1.82, 2.24) is 13.9 Å². The van der Waals surface area contributed by atoms with Crippen LogP contribution in [0.25, 0.3) is 0 Å². The molecule has 6 heteroatoms. The van der Waals surface area contributed by atoms with Crippen molar-refractivity contribution >= 4 is 10.2 Å². The molecule has 0 aromatic rings. The highest BCUT2D eigenvalue weighted by Gasteiger charge is 2.39. The molecule has 0 saturated carbocycles. The van der Waals surface area contributed by atoms with E-state index < -0.39 is 10.2 Å². The van der Waals surface area contributed by atoms with Gasteiger partial charge in [0.25, 0.3) is 10.2 Å². The van der Waals surface area contributed by atoms with Crippen molar-refractivity contribution in [2.24, 2.45) is 11.8 Å². The van der Waals surface area contributed by atoms with Crippen LogP contribution in [0.1, 0.15) is 19.3 Å². The third kappa shape index (κ3) is 2.12. The van der Waals surface area contributed by atoms with Gasteiger partial charge in [0.05, 0.1) is 0 Å². The molecule has 5 nitrogen and oxygen atoms in total. The lowest BCUT2D eigenvalue weighted by Gasteiger charge is -2.35. The molecular formula is C11H21N3O2S. The first-order chi connectivity index (χ1) is 8.18. The summed E-state index contributed by atoms with van der Waals surface area (Å²) in [5.41, 5.74) is 0. The number of piperidine rings is 1. The zero-order valence-corrected chi connectivity index (χ0v) is 11.0. The molecule has 3 saturated heterocycles. The standard InChI is InChI=1S/C11H21N3O2S/c15-17(16,13-4-1-2-5-13)14-6-3-10-7-12-8-11(10)9-14/h10-12H,1-9H2. The Hall–Kier alpha value is -0.170. The summed E-state index contributed by atoms with van der Waals surface area (Å²) < 4.78 is 28.2. The second kappa shape index (κ2) is 4.50. The minimum absolute atomic E-state index is 0.529. The van der Waals surface area contributed by atoms with Gasteiger partial charge in [-0.3, -0.25) is 0 Å². The molecule has 0 bridgehead atoms. The van der Waals surface area contributed by atoms with Crippen LogP contribution in [-0.2, 0) is 10.2 Å². The van der Waals surface area contributed by atoms with E-state index in [2.05, 4.69) is 5.32 Å². The van der Waals surface area contributed by atoms with Crippen LogP contribution in [-0.4, -0.2) is 56.3 Å². The van der Waals surface area contributed by atoms with Crippen molar-refractivity contribution in [3.63, 3.8) is 0 Å². The lowest BCUT2D eigenvalue weighted by Crippen LogP contribution is -2.49. The first-order valence-corrected chi connectivity index (χ1v) is 8.03. The Kier molecular flexibility index (Phi) is 3.15. The largest absolute Gasteiger partial charge is 0.316 e. The van der Waals surface area contributed by atoms with Crippen LogP contribution in [0.15, 0.2) is 0 Å². The third-order valence-corrected chi connectivity index (χ3v) is 6.39. The number of hydrogen-bond donors (Lipinski definition) is 1. The van der Waals surface area contributed by atoms with E-state index in [-0.39, 0.29) is 0 Å². The molecule has 0 aromatic carbocycles. The van der Waals surface area contributed by atoms with E-state index in [1.165, 1.54) is 0 Å². The molecule has 98 valence electrons.